The number of aromatic nitrogens is 1. The van der Waals surface area contributed by atoms with Gasteiger partial charge in [-0.15, -0.1) is 0 Å². The molecule has 0 amide bonds. The maximum absolute atomic E-state index is 13.2. The molecule has 89 valence electrons. The second-order valence-electron chi connectivity index (χ2n) is 2.83. The van der Waals surface area contributed by atoms with Crippen molar-refractivity contribution in [1.82, 2.24) is 4.98 Å². The number of halogens is 7. The second-order valence-corrected chi connectivity index (χ2v) is 2.83. The molecule has 1 rings (SSSR count). The Morgan fingerprint density at radius 2 is 1.44 bits per heavy atom. The van der Waals surface area contributed by atoms with Gasteiger partial charge in [0.25, 0.3) is 0 Å². The van der Waals surface area contributed by atoms with Crippen LogP contribution in [0.3, 0.4) is 0 Å². The van der Waals surface area contributed by atoms with E-state index >= 15 is 0 Å². The molecule has 0 spiro atoms. The highest BCUT2D eigenvalue weighted by Crippen LogP contribution is 2.52. The second kappa shape index (κ2) is 3.60. The number of hydrogen-bond donors (Lipinski definition) is 0. The SMILES string of the molecule is FC(F)(F)C(F)(c1c[c]cnc1)C(F)(F)F. The maximum Gasteiger partial charge on any atom is 0.436 e. The summed E-state index contributed by atoms with van der Waals surface area (Å²) in [4.78, 5) is 2.98. The topological polar surface area (TPSA) is 12.9 Å². The highest BCUT2D eigenvalue weighted by Gasteiger charge is 2.73. The summed E-state index contributed by atoms with van der Waals surface area (Å²) in [6.45, 7) is 0. The van der Waals surface area contributed by atoms with E-state index in [4.69, 9.17) is 0 Å². The molecule has 1 nitrogen and oxygen atoms in total. The zero-order valence-corrected chi connectivity index (χ0v) is 7.33. The molecule has 0 N–H and O–H groups in total. The first-order valence-corrected chi connectivity index (χ1v) is 3.74. The summed E-state index contributed by atoms with van der Waals surface area (Å²) in [6.07, 6.45) is -11.2. The van der Waals surface area contributed by atoms with Gasteiger partial charge in [0.2, 0.25) is 0 Å². The molecule has 0 atom stereocenters. The van der Waals surface area contributed by atoms with E-state index in [2.05, 4.69) is 4.98 Å². The normalized spacial score (nSPS) is 13.9. The fourth-order valence-electron chi connectivity index (χ4n) is 1.00. The lowest BCUT2D eigenvalue weighted by molar-refractivity contribution is -0.348. The van der Waals surface area contributed by atoms with Crippen molar-refractivity contribution >= 4 is 0 Å². The average Bonchev–Trinajstić information content (AvgIpc) is 2.14. The average molecular weight is 246 g/mol. The lowest BCUT2D eigenvalue weighted by atomic mass is 9.96. The molecule has 16 heavy (non-hydrogen) atoms. The summed E-state index contributed by atoms with van der Waals surface area (Å²) in [6, 6.07) is 2.12. The van der Waals surface area contributed by atoms with E-state index in [1.807, 2.05) is 6.07 Å². The van der Waals surface area contributed by atoms with Gasteiger partial charge in [-0.25, -0.2) is 4.39 Å². The van der Waals surface area contributed by atoms with Crippen LogP contribution in [-0.4, -0.2) is 17.3 Å². The van der Waals surface area contributed by atoms with Crippen LogP contribution >= 0.6 is 0 Å². The van der Waals surface area contributed by atoms with Crippen molar-refractivity contribution in [2.45, 2.75) is 18.0 Å². The Morgan fingerprint density at radius 1 is 0.938 bits per heavy atom. The van der Waals surface area contributed by atoms with Crippen molar-refractivity contribution in [3.63, 3.8) is 0 Å². The van der Waals surface area contributed by atoms with Gasteiger partial charge >= 0.3 is 18.0 Å². The Hall–Kier alpha value is -1.34. The first kappa shape index (κ1) is 12.7. The predicted molar refractivity (Wildman–Crippen MR) is 38.0 cm³/mol. The van der Waals surface area contributed by atoms with Crippen LogP contribution in [0.5, 0.6) is 0 Å². The molecule has 0 aliphatic carbocycles. The first-order chi connectivity index (χ1) is 7.11. The van der Waals surface area contributed by atoms with E-state index in [1.165, 1.54) is 0 Å². The molecule has 1 radical (unpaired) electrons. The summed E-state index contributed by atoms with van der Waals surface area (Å²) >= 11 is 0. The Kier molecular flexibility index (Phi) is 2.86. The highest BCUT2D eigenvalue weighted by atomic mass is 19.4. The molecular weight excluding hydrogens is 243 g/mol. The van der Waals surface area contributed by atoms with Crippen LogP contribution in [-0.2, 0) is 5.67 Å². The molecule has 0 aliphatic heterocycles. The minimum Gasteiger partial charge on any atom is -0.264 e. The van der Waals surface area contributed by atoms with Gasteiger partial charge in [0.05, 0.1) is 0 Å². The molecule has 0 bridgehead atoms. The monoisotopic (exact) mass is 246 g/mol. The van der Waals surface area contributed by atoms with Crippen LogP contribution in [0.4, 0.5) is 30.7 Å². The van der Waals surface area contributed by atoms with Crippen LogP contribution in [0.15, 0.2) is 18.5 Å². The number of nitrogens with zero attached hydrogens (tertiary/aromatic N) is 1. The summed E-state index contributed by atoms with van der Waals surface area (Å²) in [5.41, 5.74) is -7.07. The Bertz CT molecular complexity index is 339. The van der Waals surface area contributed by atoms with Gasteiger partial charge in [-0.1, -0.05) is 0 Å². The Labute approximate surface area is 84.9 Å². The summed E-state index contributed by atoms with van der Waals surface area (Å²) < 4.78 is 86.1. The van der Waals surface area contributed by atoms with Gasteiger partial charge in [0.1, 0.15) is 0 Å². The van der Waals surface area contributed by atoms with Crippen molar-refractivity contribution in [2.24, 2.45) is 0 Å². The molecule has 0 saturated heterocycles. The summed E-state index contributed by atoms with van der Waals surface area (Å²) in [5.74, 6) is 0. The maximum atomic E-state index is 13.2. The van der Waals surface area contributed by atoms with E-state index < -0.39 is 23.6 Å². The standard InChI is InChI=1S/C8H3F7N/c9-6(7(10,11)12,8(13,14)15)5-2-1-3-16-4-5/h2-4H. The molecule has 1 heterocycles. The van der Waals surface area contributed by atoms with Crippen molar-refractivity contribution in [1.29, 1.82) is 0 Å². The van der Waals surface area contributed by atoms with Crippen LogP contribution in [0, 0.1) is 6.07 Å². The lowest BCUT2D eigenvalue weighted by Crippen LogP contribution is -2.50. The minimum atomic E-state index is -6.11. The van der Waals surface area contributed by atoms with Crippen LogP contribution in [0.2, 0.25) is 0 Å². The number of alkyl halides is 7. The van der Waals surface area contributed by atoms with Crippen molar-refractivity contribution in [3.05, 3.63) is 30.1 Å². The van der Waals surface area contributed by atoms with Gasteiger partial charge < -0.3 is 0 Å². The Morgan fingerprint density at radius 3 is 1.75 bits per heavy atom. The predicted octanol–water partition coefficient (Wildman–Crippen LogP) is 3.17. The molecular formula is C8H3F7N. The number of hydrogen-bond acceptors (Lipinski definition) is 1. The third-order valence-corrected chi connectivity index (χ3v) is 1.78. The first-order valence-electron chi connectivity index (χ1n) is 3.74. The van der Waals surface area contributed by atoms with Crippen LogP contribution in [0.25, 0.3) is 0 Å². The molecule has 1 aromatic rings. The third-order valence-electron chi connectivity index (χ3n) is 1.78. The van der Waals surface area contributed by atoms with Gasteiger partial charge in [-0.05, 0) is 6.07 Å². The smallest absolute Gasteiger partial charge is 0.264 e. The van der Waals surface area contributed by atoms with Gasteiger partial charge in [-0.3, -0.25) is 4.98 Å². The summed E-state index contributed by atoms with van der Waals surface area (Å²) in [7, 11) is 0. The van der Waals surface area contributed by atoms with E-state index in [0.29, 0.717) is 0 Å². The molecule has 0 aliphatic rings. The van der Waals surface area contributed by atoms with E-state index in [0.717, 1.165) is 6.20 Å². The largest absolute Gasteiger partial charge is 0.436 e. The minimum absolute atomic E-state index is 0.164. The molecule has 0 fully saturated rings. The zero-order valence-electron chi connectivity index (χ0n) is 7.33. The van der Waals surface area contributed by atoms with Crippen molar-refractivity contribution < 1.29 is 30.7 Å². The molecule has 0 aromatic carbocycles. The van der Waals surface area contributed by atoms with Gasteiger partial charge in [-0.2, -0.15) is 26.3 Å². The highest BCUT2D eigenvalue weighted by molar-refractivity contribution is 5.22. The fraction of sp³-hybridized carbons (Fsp3) is 0.375. The molecule has 8 heteroatoms. The number of rotatable bonds is 1. The lowest BCUT2D eigenvalue weighted by Gasteiger charge is -2.29. The van der Waals surface area contributed by atoms with E-state index in [1.54, 1.807) is 0 Å². The van der Waals surface area contributed by atoms with Crippen LogP contribution in [0.1, 0.15) is 5.56 Å². The van der Waals surface area contributed by atoms with Gasteiger partial charge in [0, 0.05) is 24.0 Å². The zero-order chi connectivity index (χ0) is 12.6. The fourth-order valence-corrected chi connectivity index (χ4v) is 1.00. The molecule has 0 unspecified atom stereocenters. The molecule has 1 aromatic heterocycles. The third kappa shape index (κ3) is 1.83. The quantitative estimate of drug-likeness (QED) is 0.693. The number of pyridine rings is 1. The van der Waals surface area contributed by atoms with E-state index in [-0.39, 0.29) is 12.3 Å². The van der Waals surface area contributed by atoms with Gasteiger partial charge in [0.15, 0.2) is 0 Å². The van der Waals surface area contributed by atoms with Crippen molar-refractivity contribution in [3.8, 4) is 0 Å². The Balaban J connectivity index is 3.39. The van der Waals surface area contributed by atoms with Crippen molar-refractivity contribution in [2.75, 3.05) is 0 Å². The molecule has 0 saturated carbocycles. The van der Waals surface area contributed by atoms with Crippen LogP contribution < -0.4 is 0 Å². The van der Waals surface area contributed by atoms with E-state index in [9.17, 15) is 30.7 Å². The summed E-state index contributed by atoms with van der Waals surface area (Å²) in [5, 5.41) is 0.